The van der Waals surface area contributed by atoms with Gasteiger partial charge in [-0.1, -0.05) is 17.7 Å². The molecule has 0 saturated carbocycles. The number of nitrogens with zero attached hydrogens (tertiary/aromatic N) is 1. The van der Waals surface area contributed by atoms with Gasteiger partial charge in [-0.05, 0) is 30.3 Å². The van der Waals surface area contributed by atoms with Crippen LogP contribution in [0.2, 0.25) is 5.02 Å². The zero-order valence-corrected chi connectivity index (χ0v) is 11.5. The molecule has 0 heterocycles. The highest BCUT2D eigenvalue weighted by Crippen LogP contribution is 2.22. The van der Waals surface area contributed by atoms with E-state index in [4.69, 9.17) is 21.6 Å². The lowest BCUT2D eigenvalue weighted by molar-refractivity contribution is -0.118. The molecule has 2 aromatic rings. The second-order valence-electron chi connectivity index (χ2n) is 4.10. The fourth-order valence-corrected chi connectivity index (χ4v) is 1.78. The van der Waals surface area contributed by atoms with Crippen LogP contribution in [0.15, 0.2) is 42.5 Å². The van der Waals surface area contributed by atoms with Crippen LogP contribution in [0, 0.1) is 17.1 Å². The summed E-state index contributed by atoms with van der Waals surface area (Å²) < 4.78 is 18.2. The highest BCUT2D eigenvalue weighted by atomic mass is 35.5. The lowest BCUT2D eigenvalue weighted by Crippen LogP contribution is -2.20. The van der Waals surface area contributed by atoms with Gasteiger partial charge in [0.2, 0.25) is 0 Å². The first kappa shape index (κ1) is 14.8. The normalized spacial score (nSPS) is 9.76. The Morgan fingerprint density at radius 2 is 2.14 bits per heavy atom. The number of carbonyl (C=O) groups excluding carboxylic acids is 1. The van der Waals surface area contributed by atoms with E-state index < -0.39 is 11.7 Å². The van der Waals surface area contributed by atoms with Crippen molar-refractivity contribution in [3.63, 3.8) is 0 Å². The molecule has 0 fully saturated rings. The van der Waals surface area contributed by atoms with Crippen molar-refractivity contribution in [2.24, 2.45) is 0 Å². The summed E-state index contributed by atoms with van der Waals surface area (Å²) in [5.41, 5.74) is 0.605. The summed E-state index contributed by atoms with van der Waals surface area (Å²) in [6.07, 6.45) is 0. The van der Waals surface area contributed by atoms with E-state index in [1.165, 1.54) is 30.3 Å². The average Bonchev–Trinajstić information content (AvgIpc) is 2.45. The van der Waals surface area contributed by atoms with Gasteiger partial charge in [0.15, 0.2) is 6.61 Å². The van der Waals surface area contributed by atoms with E-state index in [1.807, 2.05) is 6.07 Å². The first-order valence-corrected chi connectivity index (χ1v) is 6.34. The molecule has 6 heteroatoms. The van der Waals surface area contributed by atoms with Crippen LogP contribution in [0.1, 0.15) is 5.56 Å². The lowest BCUT2D eigenvalue weighted by atomic mass is 10.2. The summed E-state index contributed by atoms with van der Waals surface area (Å²) in [5.74, 6) is -0.695. The lowest BCUT2D eigenvalue weighted by Gasteiger charge is -2.09. The van der Waals surface area contributed by atoms with Gasteiger partial charge >= 0.3 is 0 Å². The summed E-state index contributed by atoms with van der Waals surface area (Å²) in [6, 6.07) is 12.0. The summed E-state index contributed by atoms with van der Waals surface area (Å²) in [5, 5.41) is 11.8. The van der Waals surface area contributed by atoms with Crippen molar-refractivity contribution >= 4 is 23.2 Å². The van der Waals surface area contributed by atoms with E-state index in [1.54, 1.807) is 12.1 Å². The maximum absolute atomic E-state index is 13.0. The Balaban J connectivity index is 1.99. The van der Waals surface area contributed by atoms with Crippen molar-refractivity contribution in [1.29, 1.82) is 5.26 Å². The van der Waals surface area contributed by atoms with Crippen molar-refractivity contribution in [2.75, 3.05) is 11.9 Å². The van der Waals surface area contributed by atoms with Crippen LogP contribution in [0.4, 0.5) is 10.1 Å². The third-order valence-electron chi connectivity index (χ3n) is 2.53. The van der Waals surface area contributed by atoms with E-state index in [0.29, 0.717) is 10.7 Å². The summed E-state index contributed by atoms with van der Waals surface area (Å²) in [4.78, 5) is 11.7. The molecule has 0 saturated heterocycles. The number of nitrogens with one attached hydrogen (secondary N) is 1. The maximum atomic E-state index is 13.0. The number of halogens is 2. The topological polar surface area (TPSA) is 62.1 Å². The minimum atomic E-state index is -0.468. The molecular weight excluding hydrogens is 295 g/mol. The zero-order chi connectivity index (χ0) is 15.2. The van der Waals surface area contributed by atoms with Gasteiger partial charge in [0, 0.05) is 16.8 Å². The van der Waals surface area contributed by atoms with Gasteiger partial charge in [-0.25, -0.2) is 4.39 Å². The quantitative estimate of drug-likeness (QED) is 0.942. The van der Waals surface area contributed by atoms with Gasteiger partial charge in [-0.2, -0.15) is 5.26 Å². The minimum absolute atomic E-state index is 0.222. The summed E-state index contributed by atoms with van der Waals surface area (Å²) in [7, 11) is 0. The number of hydrogen-bond acceptors (Lipinski definition) is 3. The second-order valence-corrected chi connectivity index (χ2v) is 4.54. The molecule has 2 rings (SSSR count). The number of rotatable bonds is 4. The molecular formula is C15H10ClFN2O2. The Kier molecular flexibility index (Phi) is 4.75. The fourth-order valence-electron chi connectivity index (χ4n) is 1.61. The van der Waals surface area contributed by atoms with E-state index in [9.17, 15) is 9.18 Å². The van der Waals surface area contributed by atoms with E-state index >= 15 is 0 Å². The van der Waals surface area contributed by atoms with Crippen LogP contribution in [-0.4, -0.2) is 12.5 Å². The van der Waals surface area contributed by atoms with Gasteiger partial charge in [-0.3, -0.25) is 4.79 Å². The van der Waals surface area contributed by atoms with Crippen LogP contribution >= 0.6 is 11.6 Å². The zero-order valence-electron chi connectivity index (χ0n) is 10.8. The fraction of sp³-hybridized carbons (Fsp3) is 0.0667. The van der Waals surface area contributed by atoms with Crippen molar-refractivity contribution < 1.29 is 13.9 Å². The molecule has 0 aliphatic rings. The van der Waals surface area contributed by atoms with E-state index in [0.717, 1.165) is 0 Å². The standard InChI is InChI=1S/C15H10ClFN2O2/c16-11-5-4-10(8-18)14(6-11)21-9-15(20)19-13-3-1-2-12(17)7-13/h1-7H,9H2,(H,19,20). The highest BCUT2D eigenvalue weighted by molar-refractivity contribution is 6.30. The Morgan fingerprint density at radius 3 is 2.86 bits per heavy atom. The predicted molar refractivity (Wildman–Crippen MR) is 76.7 cm³/mol. The van der Waals surface area contributed by atoms with Gasteiger partial charge in [0.05, 0.1) is 5.56 Å². The van der Waals surface area contributed by atoms with Gasteiger partial charge in [-0.15, -0.1) is 0 Å². The van der Waals surface area contributed by atoms with Crippen molar-refractivity contribution in [3.8, 4) is 11.8 Å². The molecule has 1 amide bonds. The molecule has 4 nitrogen and oxygen atoms in total. The first-order valence-electron chi connectivity index (χ1n) is 5.96. The molecule has 0 bridgehead atoms. The Bertz CT molecular complexity index is 713. The molecule has 0 aliphatic heterocycles. The van der Waals surface area contributed by atoms with Crippen molar-refractivity contribution in [3.05, 3.63) is 58.9 Å². The smallest absolute Gasteiger partial charge is 0.262 e. The summed E-state index contributed by atoms with van der Waals surface area (Å²) in [6.45, 7) is -0.314. The van der Waals surface area contributed by atoms with E-state index in [2.05, 4.69) is 5.32 Å². The van der Waals surface area contributed by atoms with Crippen LogP contribution in [0.25, 0.3) is 0 Å². The summed E-state index contributed by atoms with van der Waals surface area (Å²) >= 11 is 5.80. The first-order chi connectivity index (χ1) is 10.1. The number of benzene rings is 2. The molecule has 106 valence electrons. The molecule has 0 spiro atoms. The third-order valence-corrected chi connectivity index (χ3v) is 2.77. The Hall–Kier alpha value is -2.58. The predicted octanol–water partition coefficient (Wildman–Crippen LogP) is 3.37. The minimum Gasteiger partial charge on any atom is -0.482 e. The molecule has 0 radical (unpaired) electrons. The largest absolute Gasteiger partial charge is 0.482 e. The Morgan fingerprint density at radius 1 is 1.33 bits per heavy atom. The van der Waals surface area contributed by atoms with Crippen LogP contribution in [0.5, 0.6) is 5.75 Å². The van der Waals surface area contributed by atoms with Crippen LogP contribution < -0.4 is 10.1 Å². The van der Waals surface area contributed by atoms with Crippen LogP contribution in [-0.2, 0) is 4.79 Å². The highest BCUT2D eigenvalue weighted by Gasteiger charge is 2.08. The number of ether oxygens (including phenoxy) is 1. The van der Waals surface area contributed by atoms with E-state index in [-0.39, 0.29) is 17.9 Å². The van der Waals surface area contributed by atoms with Gasteiger partial charge < -0.3 is 10.1 Å². The number of hydrogen-bond donors (Lipinski definition) is 1. The average molecular weight is 305 g/mol. The van der Waals surface area contributed by atoms with Gasteiger partial charge in [0.1, 0.15) is 17.6 Å². The molecule has 0 unspecified atom stereocenters. The SMILES string of the molecule is N#Cc1ccc(Cl)cc1OCC(=O)Nc1cccc(F)c1. The third kappa shape index (κ3) is 4.20. The maximum Gasteiger partial charge on any atom is 0.262 e. The molecule has 0 aliphatic carbocycles. The molecule has 0 atom stereocenters. The van der Waals surface area contributed by atoms with Crippen LogP contribution in [0.3, 0.4) is 0 Å². The number of anilines is 1. The van der Waals surface area contributed by atoms with Gasteiger partial charge in [0.25, 0.3) is 5.91 Å². The molecule has 2 aromatic carbocycles. The molecule has 0 aromatic heterocycles. The van der Waals surface area contributed by atoms with Crippen molar-refractivity contribution in [2.45, 2.75) is 0 Å². The molecule has 21 heavy (non-hydrogen) atoms. The molecule has 1 N–H and O–H groups in total. The number of nitriles is 1. The Labute approximate surface area is 125 Å². The number of carbonyl (C=O) groups is 1. The number of amides is 1. The monoisotopic (exact) mass is 304 g/mol. The van der Waals surface area contributed by atoms with Crippen molar-refractivity contribution in [1.82, 2.24) is 0 Å². The second kappa shape index (κ2) is 6.73.